The van der Waals surface area contributed by atoms with Gasteiger partial charge in [-0.3, -0.25) is 19.4 Å². The Hall–Kier alpha value is -5.60. The molecule has 0 aliphatic carbocycles. The molecule has 0 spiro atoms. The minimum absolute atomic E-state index is 0.0330. The minimum atomic E-state index is -1.33. The van der Waals surface area contributed by atoms with Crippen LogP contribution in [0.25, 0.3) is 10.9 Å². The molecule has 0 aliphatic heterocycles. The monoisotopic (exact) mass is 679 g/mol. The van der Waals surface area contributed by atoms with Gasteiger partial charge in [-0.15, -0.1) is 0 Å². The van der Waals surface area contributed by atoms with Crippen molar-refractivity contribution >= 4 is 46.7 Å². The van der Waals surface area contributed by atoms with Gasteiger partial charge in [-0.05, 0) is 57.2 Å². The first-order chi connectivity index (χ1) is 23.2. The average Bonchev–Trinajstić information content (AvgIpc) is 3.44. The Kier molecular flexibility index (Phi) is 14.0. The number of nitrogens with zero attached hydrogens (tertiary/aromatic N) is 1. The lowest BCUT2D eigenvalue weighted by atomic mass is 10.0. The molecular weight excluding hydrogens is 634 g/mol. The molecule has 15 nitrogen and oxygen atoms in total. The van der Waals surface area contributed by atoms with Crippen LogP contribution in [-0.4, -0.2) is 76.2 Å². The molecule has 0 saturated carbocycles. The summed E-state index contributed by atoms with van der Waals surface area (Å²) in [5.74, 6) is -3.64. The summed E-state index contributed by atoms with van der Waals surface area (Å²) in [6.07, 6.45) is 0.536. The number of alkyl carbamates (subject to hydrolysis) is 1. The number of nitrogens with one attached hydrogen (secondary N) is 4. The molecule has 0 aliphatic rings. The number of rotatable bonds is 17. The third-order valence-corrected chi connectivity index (χ3v) is 7.16. The minimum Gasteiger partial charge on any atom is -0.481 e. The third kappa shape index (κ3) is 13.2. The van der Waals surface area contributed by atoms with Crippen molar-refractivity contribution in [3.05, 3.63) is 71.9 Å². The molecule has 3 amide bonds. The second-order valence-corrected chi connectivity index (χ2v) is 12.4. The van der Waals surface area contributed by atoms with Crippen LogP contribution in [-0.2, 0) is 41.7 Å². The largest absolute Gasteiger partial charge is 0.481 e. The van der Waals surface area contributed by atoms with Gasteiger partial charge in [0.05, 0.1) is 0 Å². The van der Waals surface area contributed by atoms with Gasteiger partial charge >= 0.3 is 18.0 Å². The summed E-state index contributed by atoms with van der Waals surface area (Å²) in [6.45, 7) is 5.10. The number of guanidine groups is 1. The molecule has 2 aromatic carbocycles. The summed E-state index contributed by atoms with van der Waals surface area (Å²) in [7, 11) is 0. The molecule has 1 aromatic heterocycles. The maximum atomic E-state index is 13.8. The van der Waals surface area contributed by atoms with Gasteiger partial charge in [0, 0.05) is 36.5 Å². The number of carboxylic acid groups (broad SMARTS) is 1. The Labute approximate surface area is 284 Å². The zero-order valence-electron chi connectivity index (χ0n) is 27.9. The summed E-state index contributed by atoms with van der Waals surface area (Å²) in [4.78, 5) is 71.8. The first kappa shape index (κ1) is 37.9. The summed E-state index contributed by atoms with van der Waals surface area (Å²) >= 11 is 0. The smallest absolute Gasteiger partial charge is 0.408 e. The predicted molar refractivity (Wildman–Crippen MR) is 182 cm³/mol. The number of benzene rings is 2. The van der Waals surface area contributed by atoms with Crippen LogP contribution in [0, 0.1) is 0 Å². The number of hydrogen-bond acceptors (Lipinski definition) is 8. The number of fused-ring (bicyclic) bond motifs is 1. The number of aliphatic carboxylic acids is 1. The Morgan fingerprint density at radius 2 is 1.53 bits per heavy atom. The number of aliphatic imine (C=N–C) groups is 1. The van der Waals surface area contributed by atoms with E-state index in [9.17, 15) is 29.1 Å². The highest BCUT2D eigenvalue weighted by molar-refractivity contribution is 5.94. The van der Waals surface area contributed by atoms with Crippen molar-refractivity contribution in [3.63, 3.8) is 0 Å². The highest BCUT2D eigenvalue weighted by atomic mass is 16.6. The third-order valence-electron chi connectivity index (χ3n) is 7.16. The fraction of sp³-hybridized carbons (Fsp3) is 0.412. The lowest BCUT2D eigenvalue weighted by molar-refractivity contribution is -0.150. The normalized spacial score (nSPS) is 13.0. The van der Waals surface area contributed by atoms with Crippen LogP contribution in [0.3, 0.4) is 0 Å². The fourth-order valence-corrected chi connectivity index (χ4v) is 4.84. The van der Waals surface area contributed by atoms with E-state index in [1.54, 1.807) is 57.3 Å². The van der Waals surface area contributed by atoms with Crippen molar-refractivity contribution in [1.82, 2.24) is 20.9 Å². The number of carbonyl (C=O) groups is 5. The molecule has 1 heterocycles. The molecule has 0 saturated heterocycles. The quantitative estimate of drug-likeness (QED) is 0.0475. The first-order valence-electron chi connectivity index (χ1n) is 15.8. The summed E-state index contributed by atoms with van der Waals surface area (Å²) in [6, 6.07) is 12.5. The van der Waals surface area contributed by atoms with E-state index in [-0.39, 0.29) is 44.8 Å². The zero-order valence-corrected chi connectivity index (χ0v) is 27.9. The lowest BCUT2D eigenvalue weighted by Crippen LogP contribution is -2.56. The second kappa shape index (κ2) is 18.1. The van der Waals surface area contributed by atoms with Gasteiger partial charge in [-0.1, -0.05) is 48.5 Å². The standard InChI is InChI=1S/C34H45N7O8/c1-34(2,3)49-33(47)41-27(18-22-19-38-24-13-8-7-12-23(22)24)30(45)39-25(14-9-17-37-32(35)36)29(44)40-26(15-16-28(42)43)31(46)48-20-21-10-5-4-6-11-21/h4-8,10-13,19,25-27,38H,9,14-18,20H2,1-3H3,(H,39,45)(H,40,44)(H,41,47)(H,42,43)(H4,35,36,37)/t25-,26-,27-/m0/s1. The van der Waals surface area contributed by atoms with Gasteiger partial charge in [0.15, 0.2) is 5.96 Å². The van der Waals surface area contributed by atoms with Gasteiger partial charge in [0.1, 0.15) is 30.3 Å². The van der Waals surface area contributed by atoms with Crippen LogP contribution in [0.5, 0.6) is 0 Å². The van der Waals surface area contributed by atoms with Crippen LogP contribution in [0.2, 0.25) is 0 Å². The number of esters is 1. The lowest BCUT2D eigenvalue weighted by Gasteiger charge is -2.26. The van der Waals surface area contributed by atoms with Gasteiger partial charge in [0.2, 0.25) is 11.8 Å². The van der Waals surface area contributed by atoms with Crippen LogP contribution < -0.4 is 27.4 Å². The summed E-state index contributed by atoms with van der Waals surface area (Å²) < 4.78 is 10.8. The number of H-pyrrole nitrogens is 1. The maximum absolute atomic E-state index is 13.8. The van der Waals surface area contributed by atoms with E-state index < -0.39 is 60.0 Å². The van der Waals surface area contributed by atoms with Crippen LogP contribution in [0.1, 0.15) is 57.6 Å². The number of amides is 3. The van der Waals surface area contributed by atoms with Crippen LogP contribution in [0.15, 0.2) is 65.8 Å². The van der Waals surface area contributed by atoms with E-state index in [4.69, 9.17) is 20.9 Å². The van der Waals surface area contributed by atoms with Crippen molar-refractivity contribution in [1.29, 1.82) is 0 Å². The number of carboxylic acids is 1. The van der Waals surface area contributed by atoms with Crippen LogP contribution >= 0.6 is 0 Å². The SMILES string of the molecule is CC(C)(C)OC(=O)N[C@@H](Cc1c[nH]c2ccccc12)C(=O)N[C@@H](CCCN=C(N)N)C(=O)N[C@@H](CCC(=O)O)C(=O)OCc1ccccc1. The molecule has 0 fully saturated rings. The molecule has 15 heteroatoms. The number of ether oxygens (including phenoxy) is 2. The number of aromatic nitrogens is 1. The maximum Gasteiger partial charge on any atom is 0.408 e. The van der Waals surface area contributed by atoms with E-state index in [0.29, 0.717) is 5.56 Å². The van der Waals surface area contributed by atoms with E-state index in [1.807, 2.05) is 24.3 Å². The molecule has 264 valence electrons. The van der Waals surface area contributed by atoms with Gasteiger partial charge in [-0.25, -0.2) is 9.59 Å². The van der Waals surface area contributed by atoms with Crippen molar-refractivity contribution in [2.45, 2.75) is 83.2 Å². The van der Waals surface area contributed by atoms with Crippen molar-refractivity contribution in [2.24, 2.45) is 16.5 Å². The second-order valence-electron chi connectivity index (χ2n) is 12.4. The van der Waals surface area contributed by atoms with Crippen LogP contribution in [0.4, 0.5) is 4.79 Å². The van der Waals surface area contributed by atoms with Crippen molar-refractivity contribution in [2.75, 3.05) is 6.54 Å². The van der Waals surface area contributed by atoms with Gasteiger partial charge in [-0.2, -0.15) is 0 Å². The molecular formula is C34H45N7O8. The molecule has 0 radical (unpaired) electrons. The fourth-order valence-electron chi connectivity index (χ4n) is 4.84. The summed E-state index contributed by atoms with van der Waals surface area (Å²) in [5, 5.41) is 18.0. The molecule has 49 heavy (non-hydrogen) atoms. The average molecular weight is 680 g/mol. The van der Waals surface area contributed by atoms with Crippen molar-refractivity contribution < 1.29 is 38.6 Å². The number of para-hydroxylation sites is 1. The molecule has 3 atom stereocenters. The first-order valence-corrected chi connectivity index (χ1v) is 15.8. The Morgan fingerprint density at radius 1 is 0.878 bits per heavy atom. The summed E-state index contributed by atoms with van der Waals surface area (Å²) in [5.41, 5.74) is 12.3. The van der Waals surface area contributed by atoms with E-state index in [2.05, 4.69) is 25.9 Å². The molecule has 3 aromatic rings. The Morgan fingerprint density at radius 3 is 2.20 bits per heavy atom. The molecule has 3 rings (SSSR count). The molecule has 9 N–H and O–H groups in total. The number of carbonyl (C=O) groups excluding carboxylic acids is 4. The van der Waals surface area contributed by atoms with Gasteiger partial charge < -0.3 is 47.0 Å². The highest BCUT2D eigenvalue weighted by Gasteiger charge is 2.32. The Balaban J connectivity index is 1.84. The highest BCUT2D eigenvalue weighted by Crippen LogP contribution is 2.20. The van der Waals surface area contributed by atoms with E-state index in [1.165, 1.54) is 0 Å². The van der Waals surface area contributed by atoms with E-state index in [0.717, 1.165) is 16.5 Å². The zero-order chi connectivity index (χ0) is 36.0. The molecule has 0 unspecified atom stereocenters. The van der Waals surface area contributed by atoms with Gasteiger partial charge in [0.25, 0.3) is 0 Å². The van der Waals surface area contributed by atoms with E-state index >= 15 is 0 Å². The Bertz CT molecular complexity index is 1610. The molecule has 0 bridgehead atoms. The number of nitrogens with two attached hydrogens (primary N) is 2. The number of aromatic amines is 1. The predicted octanol–water partition coefficient (Wildman–Crippen LogP) is 2.24. The van der Waals surface area contributed by atoms with Crippen molar-refractivity contribution in [3.8, 4) is 0 Å². The number of hydrogen-bond donors (Lipinski definition) is 7. The topological polar surface area (TPSA) is 240 Å².